The van der Waals surface area contributed by atoms with Gasteiger partial charge in [0.2, 0.25) is 5.91 Å². The number of carbonyl (C=O) groups excluding carboxylic acids is 3. The molecule has 1 heterocycles. The Hall–Kier alpha value is -4.17. The molecule has 1 N–H and O–H groups in total. The number of benzene rings is 2. The predicted octanol–water partition coefficient (Wildman–Crippen LogP) is 3.05. The third-order valence-corrected chi connectivity index (χ3v) is 6.29. The number of nitro groups is 1. The zero-order valence-corrected chi connectivity index (χ0v) is 19.0. The molecule has 1 amide bonds. The van der Waals surface area contributed by atoms with Crippen molar-refractivity contribution >= 4 is 35.3 Å². The number of nitrogens with zero attached hydrogens (tertiary/aromatic N) is 2. The van der Waals surface area contributed by atoms with E-state index in [4.69, 9.17) is 4.74 Å². The van der Waals surface area contributed by atoms with Crippen LogP contribution in [0.3, 0.4) is 0 Å². The van der Waals surface area contributed by atoms with Crippen molar-refractivity contribution in [2.75, 3.05) is 14.2 Å². The molecule has 3 rings (SSSR count). The zero-order valence-electron chi connectivity index (χ0n) is 18.1. The average Bonchev–Trinajstić information content (AvgIpc) is 2.86. The van der Waals surface area contributed by atoms with Crippen LogP contribution in [-0.2, 0) is 24.8 Å². The molecule has 0 bridgehead atoms. The van der Waals surface area contributed by atoms with Crippen molar-refractivity contribution in [3.8, 4) is 6.07 Å². The molecule has 0 spiro atoms. The molecule has 2 aromatic rings. The van der Waals surface area contributed by atoms with Gasteiger partial charge in [0.25, 0.3) is 5.69 Å². The van der Waals surface area contributed by atoms with Gasteiger partial charge in [-0.2, -0.15) is 5.26 Å². The Morgan fingerprint density at radius 1 is 1.12 bits per heavy atom. The summed E-state index contributed by atoms with van der Waals surface area (Å²) in [5.41, 5.74) is 1.60. The Labute approximate surface area is 198 Å². The second-order valence-corrected chi connectivity index (χ2v) is 8.13. The quantitative estimate of drug-likeness (QED) is 0.272. The fourth-order valence-corrected chi connectivity index (χ4v) is 4.50. The molecule has 10 nitrogen and oxygen atoms in total. The maximum Gasteiger partial charge on any atom is 0.337 e. The summed E-state index contributed by atoms with van der Waals surface area (Å²) in [4.78, 5) is 47.4. The minimum atomic E-state index is -1.30. The lowest BCUT2D eigenvalue weighted by Gasteiger charge is -2.31. The van der Waals surface area contributed by atoms with Gasteiger partial charge < -0.3 is 14.8 Å². The van der Waals surface area contributed by atoms with Gasteiger partial charge in [-0.15, -0.1) is 11.8 Å². The largest absolute Gasteiger partial charge is 0.468 e. The summed E-state index contributed by atoms with van der Waals surface area (Å²) in [6.07, 6.45) is 0. The zero-order chi connectivity index (χ0) is 24.8. The van der Waals surface area contributed by atoms with Gasteiger partial charge in [-0.3, -0.25) is 19.7 Å². The lowest BCUT2D eigenvalue weighted by atomic mass is 9.78. The monoisotopic (exact) mass is 481 g/mol. The Morgan fingerprint density at radius 2 is 1.76 bits per heavy atom. The molecule has 2 atom stereocenters. The molecule has 174 valence electrons. The fraction of sp³-hybridized carbons (Fsp3) is 0.217. The van der Waals surface area contributed by atoms with Crippen LogP contribution in [0.2, 0.25) is 0 Å². The van der Waals surface area contributed by atoms with Crippen LogP contribution in [0.25, 0.3) is 0 Å². The van der Waals surface area contributed by atoms with Crippen molar-refractivity contribution in [2.24, 2.45) is 5.92 Å². The molecule has 34 heavy (non-hydrogen) atoms. The van der Waals surface area contributed by atoms with Crippen LogP contribution in [0.5, 0.6) is 0 Å². The van der Waals surface area contributed by atoms with Crippen LogP contribution in [0.4, 0.5) is 5.69 Å². The van der Waals surface area contributed by atoms with E-state index in [1.165, 1.54) is 31.4 Å². The van der Waals surface area contributed by atoms with E-state index in [-0.39, 0.29) is 21.9 Å². The van der Waals surface area contributed by atoms with Gasteiger partial charge in [0.05, 0.1) is 41.4 Å². The van der Waals surface area contributed by atoms with Crippen molar-refractivity contribution in [1.82, 2.24) is 5.32 Å². The van der Waals surface area contributed by atoms with Crippen molar-refractivity contribution in [3.05, 3.63) is 85.9 Å². The summed E-state index contributed by atoms with van der Waals surface area (Å²) in [6, 6.07) is 14.1. The van der Waals surface area contributed by atoms with Gasteiger partial charge in [0, 0.05) is 23.8 Å². The molecule has 0 saturated heterocycles. The van der Waals surface area contributed by atoms with E-state index in [0.717, 1.165) is 24.4 Å². The molecule has 2 aromatic carbocycles. The third kappa shape index (κ3) is 5.07. The van der Waals surface area contributed by atoms with Gasteiger partial charge in [-0.1, -0.05) is 24.3 Å². The number of allylic oxidation sites excluding steroid dienone is 1. The molecular formula is C23H19N3O7S. The van der Waals surface area contributed by atoms with Crippen LogP contribution in [0.1, 0.15) is 27.4 Å². The van der Waals surface area contributed by atoms with E-state index in [1.807, 2.05) is 0 Å². The number of thioether (sulfide) groups is 1. The predicted molar refractivity (Wildman–Crippen MR) is 121 cm³/mol. The SMILES string of the molecule is COC(=O)c1ccc([C@@H]2C(C#N)=C(SCc3ccc([N+](=O)[O-])cc3)NC(=O)[C@@H]2C(=O)OC)cc1. The highest BCUT2D eigenvalue weighted by Gasteiger charge is 2.44. The standard InChI is InChI=1S/C23H19N3O7S/c1-32-22(28)15-7-5-14(6-8-15)18-17(11-24)21(25-20(27)19(18)23(29)33-2)34-12-13-3-9-16(10-4-13)26(30)31/h3-10,18-19H,12H2,1-2H3,(H,25,27)/t18-,19-/m1/s1. The van der Waals surface area contributed by atoms with Gasteiger partial charge >= 0.3 is 11.9 Å². The highest BCUT2D eigenvalue weighted by molar-refractivity contribution is 8.02. The number of hydrogen-bond donors (Lipinski definition) is 1. The van der Waals surface area contributed by atoms with Crippen molar-refractivity contribution in [2.45, 2.75) is 11.7 Å². The van der Waals surface area contributed by atoms with E-state index < -0.39 is 34.6 Å². The topological polar surface area (TPSA) is 149 Å². The first-order chi connectivity index (χ1) is 16.3. The van der Waals surface area contributed by atoms with Crippen molar-refractivity contribution in [1.29, 1.82) is 5.26 Å². The first-order valence-corrected chi connectivity index (χ1v) is 10.9. The van der Waals surface area contributed by atoms with E-state index in [9.17, 15) is 29.8 Å². The van der Waals surface area contributed by atoms with Gasteiger partial charge in [-0.05, 0) is 23.3 Å². The Kier molecular flexibility index (Phi) is 7.65. The summed E-state index contributed by atoms with van der Waals surface area (Å²) in [5, 5.41) is 23.7. The smallest absolute Gasteiger partial charge is 0.337 e. The lowest BCUT2D eigenvalue weighted by Crippen LogP contribution is -2.44. The van der Waals surface area contributed by atoms with Gasteiger partial charge in [-0.25, -0.2) is 4.79 Å². The molecule has 0 aliphatic carbocycles. The first kappa shape index (κ1) is 24.5. The van der Waals surface area contributed by atoms with Gasteiger partial charge in [0.15, 0.2) is 0 Å². The average molecular weight is 481 g/mol. The van der Waals surface area contributed by atoms with E-state index >= 15 is 0 Å². The summed E-state index contributed by atoms with van der Waals surface area (Å²) >= 11 is 1.16. The summed E-state index contributed by atoms with van der Waals surface area (Å²) < 4.78 is 9.50. The minimum absolute atomic E-state index is 0.0481. The second kappa shape index (κ2) is 10.6. The Morgan fingerprint density at radius 3 is 2.29 bits per heavy atom. The number of nitrogens with one attached hydrogen (secondary N) is 1. The molecular weight excluding hydrogens is 462 g/mol. The number of hydrogen-bond acceptors (Lipinski definition) is 9. The maximum atomic E-state index is 12.9. The number of ether oxygens (including phenoxy) is 2. The summed E-state index contributed by atoms with van der Waals surface area (Å²) in [5.74, 6) is -3.89. The number of nitriles is 1. The summed E-state index contributed by atoms with van der Waals surface area (Å²) in [7, 11) is 2.40. The number of carbonyl (C=O) groups is 3. The molecule has 11 heteroatoms. The number of methoxy groups -OCH3 is 2. The third-order valence-electron chi connectivity index (χ3n) is 5.20. The minimum Gasteiger partial charge on any atom is -0.468 e. The Bertz CT molecular complexity index is 1200. The van der Waals surface area contributed by atoms with E-state index in [0.29, 0.717) is 11.3 Å². The van der Waals surface area contributed by atoms with E-state index in [2.05, 4.69) is 16.1 Å². The number of non-ortho nitro benzene ring substituents is 1. The molecule has 0 aromatic heterocycles. The highest BCUT2D eigenvalue weighted by atomic mass is 32.2. The second-order valence-electron chi connectivity index (χ2n) is 7.15. The summed E-state index contributed by atoms with van der Waals surface area (Å²) in [6.45, 7) is 0. The van der Waals surface area contributed by atoms with Gasteiger partial charge in [0.1, 0.15) is 5.92 Å². The molecule has 0 unspecified atom stereocenters. The Balaban J connectivity index is 1.98. The normalized spacial score (nSPS) is 17.4. The molecule has 0 radical (unpaired) electrons. The lowest BCUT2D eigenvalue weighted by molar-refractivity contribution is -0.384. The van der Waals surface area contributed by atoms with Crippen LogP contribution in [-0.4, -0.2) is 37.0 Å². The molecule has 0 fully saturated rings. The first-order valence-electron chi connectivity index (χ1n) is 9.88. The van der Waals surface area contributed by atoms with E-state index in [1.54, 1.807) is 24.3 Å². The van der Waals surface area contributed by atoms with Crippen molar-refractivity contribution in [3.63, 3.8) is 0 Å². The number of esters is 2. The van der Waals surface area contributed by atoms with Crippen molar-refractivity contribution < 1.29 is 28.8 Å². The van der Waals surface area contributed by atoms with Crippen LogP contribution in [0, 0.1) is 27.4 Å². The number of nitro benzene ring substituents is 1. The number of amides is 1. The fourth-order valence-electron chi connectivity index (χ4n) is 3.49. The molecule has 0 saturated carbocycles. The highest BCUT2D eigenvalue weighted by Crippen LogP contribution is 2.41. The molecule has 1 aliphatic rings. The van der Waals surface area contributed by atoms with Crippen LogP contribution in [0.15, 0.2) is 59.1 Å². The maximum absolute atomic E-state index is 12.9. The van der Waals surface area contributed by atoms with Crippen LogP contribution < -0.4 is 5.32 Å². The number of rotatable bonds is 7. The van der Waals surface area contributed by atoms with Crippen LogP contribution >= 0.6 is 11.8 Å². The molecule has 1 aliphatic heterocycles.